The Balaban J connectivity index is 1.52. The van der Waals surface area contributed by atoms with E-state index in [-0.39, 0.29) is 17.8 Å². The summed E-state index contributed by atoms with van der Waals surface area (Å²) in [6, 6.07) is 7.64. The number of aromatic nitrogens is 1. The molecule has 2 fully saturated rings. The van der Waals surface area contributed by atoms with Crippen LogP contribution in [-0.4, -0.2) is 60.1 Å². The van der Waals surface area contributed by atoms with Gasteiger partial charge in [-0.25, -0.2) is 0 Å². The fourth-order valence-electron chi connectivity index (χ4n) is 4.18. The zero-order valence-electron chi connectivity index (χ0n) is 18.0. The normalized spacial score (nSPS) is 20.8. The SMILES string of the molecule is CCOc1ccc2[nH]c(=O)c(CN(C[C@@H]3CCCO3)C(=S)NC[C@@H]3CCCO3)cc2c1. The Kier molecular flexibility index (Phi) is 7.42. The molecule has 0 spiro atoms. The van der Waals surface area contributed by atoms with Crippen LogP contribution in [0.2, 0.25) is 0 Å². The van der Waals surface area contributed by atoms with E-state index >= 15 is 0 Å². The predicted molar refractivity (Wildman–Crippen MR) is 125 cm³/mol. The maximum absolute atomic E-state index is 12.8. The summed E-state index contributed by atoms with van der Waals surface area (Å²) in [4.78, 5) is 17.8. The number of benzene rings is 1. The predicted octanol–water partition coefficient (Wildman–Crippen LogP) is 2.96. The molecule has 1 aromatic carbocycles. The largest absolute Gasteiger partial charge is 0.494 e. The highest BCUT2D eigenvalue weighted by atomic mass is 32.1. The van der Waals surface area contributed by atoms with Crippen LogP contribution in [0.1, 0.15) is 38.2 Å². The van der Waals surface area contributed by atoms with Gasteiger partial charge in [0, 0.05) is 42.8 Å². The van der Waals surface area contributed by atoms with E-state index in [0.717, 1.165) is 55.5 Å². The molecule has 0 amide bonds. The molecule has 2 aliphatic rings. The van der Waals surface area contributed by atoms with Crippen LogP contribution in [0.4, 0.5) is 0 Å². The number of thiocarbonyl (C=S) groups is 1. The average molecular weight is 446 g/mol. The Hall–Kier alpha value is -2.16. The van der Waals surface area contributed by atoms with Crippen LogP contribution in [0, 0.1) is 0 Å². The summed E-state index contributed by atoms with van der Waals surface area (Å²) in [6.45, 7) is 5.92. The van der Waals surface area contributed by atoms with E-state index in [1.165, 1.54) is 0 Å². The summed E-state index contributed by atoms with van der Waals surface area (Å²) >= 11 is 5.71. The third-order valence-corrected chi connectivity index (χ3v) is 6.21. The van der Waals surface area contributed by atoms with Crippen molar-refractivity contribution >= 4 is 28.2 Å². The summed E-state index contributed by atoms with van der Waals surface area (Å²) < 4.78 is 17.1. The van der Waals surface area contributed by atoms with E-state index in [1.54, 1.807) is 0 Å². The summed E-state index contributed by atoms with van der Waals surface area (Å²) in [6.07, 6.45) is 4.54. The number of ether oxygens (including phenoxy) is 3. The van der Waals surface area contributed by atoms with Gasteiger partial charge in [-0.3, -0.25) is 4.79 Å². The molecule has 2 aromatic rings. The van der Waals surface area contributed by atoms with E-state index in [0.29, 0.717) is 36.9 Å². The third kappa shape index (κ3) is 5.75. The quantitative estimate of drug-likeness (QED) is 0.605. The number of aromatic amines is 1. The van der Waals surface area contributed by atoms with Crippen molar-refractivity contribution in [3.63, 3.8) is 0 Å². The molecule has 1 aromatic heterocycles. The Morgan fingerprint density at radius 1 is 1.23 bits per heavy atom. The minimum Gasteiger partial charge on any atom is -0.494 e. The zero-order valence-corrected chi connectivity index (χ0v) is 18.8. The lowest BCUT2D eigenvalue weighted by Crippen LogP contribution is -2.45. The molecule has 0 aliphatic carbocycles. The molecule has 0 bridgehead atoms. The molecule has 2 saturated heterocycles. The summed E-state index contributed by atoms with van der Waals surface area (Å²) in [5.74, 6) is 0.790. The Morgan fingerprint density at radius 2 is 2.00 bits per heavy atom. The summed E-state index contributed by atoms with van der Waals surface area (Å²) in [5, 5.41) is 4.92. The zero-order chi connectivity index (χ0) is 21.6. The number of rotatable bonds is 8. The van der Waals surface area contributed by atoms with Gasteiger partial charge in [0.1, 0.15) is 5.75 Å². The first-order valence-electron chi connectivity index (χ1n) is 11.2. The van der Waals surface area contributed by atoms with Gasteiger partial charge < -0.3 is 29.4 Å². The van der Waals surface area contributed by atoms with E-state index in [9.17, 15) is 4.79 Å². The molecule has 0 radical (unpaired) electrons. The molecule has 0 unspecified atom stereocenters. The highest BCUT2D eigenvalue weighted by molar-refractivity contribution is 7.80. The van der Waals surface area contributed by atoms with Gasteiger partial charge in [-0.05, 0) is 69.1 Å². The van der Waals surface area contributed by atoms with Crippen LogP contribution >= 0.6 is 12.2 Å². The van der Waals surface area contributed by atoms with Crippen LogP contribution in [-0.2, 0) is 16.0 Å². The second kappa shape index (κ2) is 10.4. The molecular formula is C23H31N3O4S. The molecule has 168 valence electrons. The van der Waals surface area contributed by atoms with Crippen LogP contribution in [0.25, 0.3) is 10.9 Å². The first kappa shape index (κ1) is 22.0. The summed E-state index contributed by atoms with van der Waals surface area (Å²) in [5.41, 5.74) is 1.36. The van der Waals surface area contributed by atoms with E-state index in [4.69, 9.17) is 26.4 Å². The minimum atomic E-state index is -0.101. The maximum Gasteiger partial charge on any atom is 0.253 e. The van der Waals surface area contributed by atoms with Gasteiger partial charge in [-0.15, -0.1) is 0 Å². The molecule has 0 saturated carbocycles. The van der Waals surface area contributed by atoms with E-state index in [2.05, 4.69) is 10.3 Å². The van der Waals surface area contributed by atoms with Crippen molar-refractivity contribution in [2.45, 2.75) is 51.4 Å². The number of pyridine rings is 1. The fourth-order valence-corrected chi connectivity index (χ4v) is 4.40. The Labute approximate surface area is 188 Å². The van der Waals surface area contributed by atoms with Gasteiger partial charge in [-0.2, -0.15) is 0 Å². The molecule has 7 nitrogen and oxygen atoms in total. The molecule has 8 heteroatoms. The molecule has 2 atom stereocenters. The van der Waals surface area contributed by atoms with Crippen molar-refractivity contribution in [2.24, 2.45) is 0 Å². The van der Waals surface area contributed by atoms with Crippen molar-refractivity contribution in [1.29, 1.82) is 0 Å². The number of hydrogen-bond donors (Lipinski definition) is 2. The molecule has 4 rings (SSSR count). The van der Waals surface area contributed by atoms with Crippen molar-refractivity contribution in [3.05, 3.63) is 40.2 Å². The smallest absolute Gasteiger partial charge is 0.253 e. The van der Waals surface area contributed by atoms with Crippen LogP contribution < -0.4 is 15.6 Å². The lowest BCUT2D eigenvalue weighted by molar-refractivity contribution is 0.0885. The number of fused-ring (bicyclic) bond motifs is 1. The fraction of sp³-hybridized carbons (Fsp3) is 0.565. The van der Waals surface area contributed by atoms with Crippen LogP contribution in [0.3, 0.4) is 0 Å². The van der Waals surface area contributed by atoms with Crippen molar-refractivity contribution in [1.82, 2.24) is 15.2 Å². The van der Waals surface area contributed by atoms with Crippen molar-refractivity contribution < 1.29 is 14.2 Å². The van der Waals surface area contributed by atoms with Gasteiger partial charge in [0.05, 0.1) is 25.4 Å². The van der Waals surface area contributed by atoms with Gasteiger partial charge >= 0.3 is 0 Å². The molecule has 3 heterocycles. The highest BCUT2D eigenvalue weighted by Gasteiger charge is 2.23. The standard InChI is InChI=1S/C23H31N3O4S/c1-2-28-18-7-8-21-16(12-18)11-17(22(27)25-21)14-26(15-20-6-4-10-30-20)23(31)24-13-19-5-3-9-29-19/h7-8,11-12,19-20H,2-6,9-10,13-15H2,1H3,(H,24,31)(H,25,27)/t19-,20-/m0/s1. The Bertz CT molecular complexity index is 951. The van der Waals surface area contributed by atoms with Crippen molar-refractivity contribution in [2.75, 3.05) is 32.9 Å². The van der Waals surface area contributed by atoms with Gasteiger partial charge in [0.25, 0.3) is 5.56 Å². The van der Waals surface area contributed by atoms with Crippen molar-refractivity contribution in [3.8, 4) is 5.75 Å². The van der Waals surface area contributed by atoms with Gasteiger partial charge in [0.15, 0.2) is 5.11 Å². The average Bonchev–Trinajstić information content (AvgIpc) is 3.46. The highest BCUT2D eigenvalue weighted by Crippen LogP contribution is 2.21. The number of nitrogens with zero attached hydrogens (tertiary/aromatic N) is 1. The monoisotopic (exact) mass is 445 g/mol. The maximum atomic E-state index is 12.8. The van der Waals surface area contributed by atoms with Crippen LogP contribution in [0.15, 0.2) is 29.1 Å². The first-order chi connectivity index (χ1) is 15.1. The van der Waals surface area contributed by atoms with E-state index < -0.39 is 0 Å². The third-order valence-electron chi connectivity index (χ3n) is 5.80. The Morgan fingerprint density at radius 3 is 2.71 bits per heavy atom. The summed E-state index contributed by atoms with van der Waals surface area (Å²) in [7, 11) is 0. The van der Waals surface area contributed by atoms with Crippen LogP contribution in [0.5, 0.6) is 5.75 Å². The van der Waals surface area contributed by atoms with E-state index in [1.807, 2.05) is 36.1 Å². The lowest BCUT2D eigenvalue weighted by atomic mass is 10.1. The minimum absolute atomic E-state index is 0.101. The first-order valence-corrected chi connectivity index (χ1v) is 11.6. The number of hydrogen-bond acceptors (Lipinski definition) is 5. The molecule has 2 aliphatic heterocycles. The number of nitrogens with one attached hydrogen (secondary N) is 2. The second-order valence-electron chi connectivity index (χ2n) is 8.14. The lowest BCUT2D eigenvalue weighted by Gasteiger charge is -2.28. The second-order valence-corrected chi connectivity index (χ2v) is 8.53. The molecular weight excluding hydrogens is 414 g/mol. The van der Waals surface area contributed by atoms with Gasteiger partial charge in [-0.1, -0.05) is 0 Å². The molecule has 2 N–H and O–H groups in total. The topological polar surface area (TPSA) is 75.8 Å². The molecule has 31 heavy (non-hydrogen) atoms. The van der Waals surface area contributed by atoms with Gasteiger partial charge in [0.2, 0.25) is 0 Å². The number of H-pyrrole nitrogens is 1.